The average molecular weight is 145 g/mol. The van der Waals surface area contributed by atoms with Crippen molar-refractivity contribution in [3.63, 3.8) is 0 Å². The van der Waals surface area contributed by atoms with Gasteiger partial charge < -0.3 is 9.84 Å². The minimum atomic E-state index is -1.37. The lowest BCUT2D eigenvalue weighted by atomic mass is 10.1. The molecule has 4 nitrogen and oxygen atoms in total. The molecule has 0 radical (unpaired) electrons. The summed E-state index contributed by atoms with van der Waals surface area (Å²) in [6.07, 6.45) is 0. The minimum absolute atomic E-state index is 0.431. The van der Waals surface area contributed by atoms with Gasteiger partial charge in [-0.25, -0.2) is 0 Å². The van der Waals surface area contributed by atoms with E-state index in [-0.39, 0.29) is 0 Å². The summed E-state index contributed by atoms with van der Waals surface area (Å²) in [5, 5.41) is 16.0. The highest BCUT2D eigenvalue weighted by Gasteiger charge is 2.22. The second-order valence-corrected chi connectivity index (χ2v) is 2.48. The van der Waals surface area contributed by atoms with Crippen molar-refractivity contribution in [2.24, 2.45) is 0 Å². The molecule has 4 heteroatoms. The number of aliphatic hydroxyl groups is 1. The second-order valence-electron chi connectivity index (χ2n) is 2.48. The number of ether oxygens (including phenoxy) is 1. The summed E-state index contributed by atoms with van der Waals surface area (Å²) >= 11 is 0. The van der Waals surface area contributed by atoms with E-state index in [4.69, 9.17) is 10.5 Å². The number of carbonyl (C=O) groups excluding carboxylic acids is 1. The fourth-order valence-corrected chi connectivity index (χ4v) is 0.269. The van der Waals surface area contributed by atoms with Gasteiger partial charge in [0.25, 0.3) is 0 Å². The molecule has 0 aliphatic carbocycles. The van der Waals surface area contributed by atoms with Gasteiger partial charge in [-0.2, -0.15) is 0 Å². The first-order valence-corrected chi connectivity index (χ1v) is 2.84. The third-order valence-corrected chi connectivity index (χ3v) is 0.801. The topological polar surface area (TPSA) is 70.4 Å². The van der Waals surface area contributed by atoms with Crippen LogP contribution in [-0.4, -0.2) is 22.6 Å². The molecule has 0 amide bonds. The van der Waals surface area contributed by atoms with Crippen LogP contribution in [-0.2, 0) is 9.53 Å². The Bertz CT molecular complexity index is 157. The Kier molecular flexibility index (Phi) is 2.54. The molecular weight excluding hydrogens is 134 g/mol. The monoisotopic (exact) mass is 145 g/mol. The predicted molar refractivity (Wildman–Crippen MR) is 35.8 cm³/mol. The summed E-state index contributed by atoms with van der Waals surface area (Å²) in [6, 6.07) is 0. The standard InChI is InChI=1S/C6H11NO3/c1-4(8)10-5(7)6(2,3)9/h7,9H,1-3H3. The largest absolute Gasteiger partial charge is 0.409 e. The van der Waals surface area contributed by atoms with Crippen LogP contribution in [0.5, 0.6) is 0 Å². The van der Waals surface area contributed by atoms with E-state index >= 15 is 0 Å². The Morgan fingerprint density at radius 3 is 2.10 bits per heavy atom. The molecule has 0 saturated carbocycles. The first-order chi connectivity index (χ1) is 4.34. The zero-order chi connectivity index (χ0) is 8.36. The molecular formula is C6H11NO3. The Balaban J connectivity index is 3.99. The number of hydrogen-bond acceptors (Lipinski definition) is 4. The highest BCUT2D eigenvalue weighted by molar-refractivity contribution is 5.90. The van der Waals surface area contributed by atoms with Crippen LogP contribution in [0.25, 0.3) is 0 Å². The van der Waals surface area contributed by atoms with Crippen molar-refractivity contribution in [1.29, 1.82) is 5.41 Å². The lowest BCUT2D eigenvalue weighted by molar-refractivity contribution is -0.134. The van der Waals surface area contributed by atoms with E-state index in [1.807, 2.05) is 0 Å². The van der Waals surface area contributed by atoms with Gasteiger partial charge in [-0.3, -0.25) is 10.2 Å². The number of carbonyl (C=O) groups is 1. The van der Waals surface area contributed by atoms with Crippen molar-refractivity contribution in [2.45, 2.75) is 26.4 Å². The molecule has 0 aliphatic heterocycles. The number of rotatable bonds is 1. The molecule has 0 heterocycles. The van der Waals surface area contributed by atoms with Gasteiger partial charge in [0, 0.05) is 6.92 Å². The fraction of sp³-hybridized carbons (Fsp3) is 0.667. The molecule has 2 N–H and O–H groups in total. The zero-order valence-corrected chi connectivity index (χ0v) is 6.26. The van der Waals surface area contributed by atoms with Crippen LogP contribution >= 0.6 is 0 Å². The van der Waals surface area contributed by atoms with E-state index in [1.54, 1.807) is 0 Å². The van der Waals surface area contributed by atoms with Crippen LogP contribution < -0.4 is 0 Å². The highest BCUT2D eigenvalue weighted by atomic mass is 16.6. The normalized spacial score (nSPS) is 10.8. The van der Waals surface area contributed by atoms with Crippen molar-refractivity contribution < 1.29 is 14.6 Å². The third-order valence-electron chi connectivity index (χ3n) is 0.801. The lowest BCUT2D eigenvalue weighted by Gasteiger charge is -2.16. The Morgan fingerprint density at radius 1 is 1.60 bits per heavy atom. The number of esters is 1. The Hall–Kier alpha value is -0.900. The minimum Gasteiger partial charge on any atom is -0.409 e. The van der Waals surface area contributed by atoms with Crippen LogP contribution in [0.2, 0.25) is 0 Å². The maximum atomic E-state index is 10.2. The van der Waals surface area contributed by atoms with Gasteiger partial charge >= 0.3 is 5.97 Å². The summed E-state index contributed by atoms with van der Waals surface area (Å²) in [5.74, 6) is -1.02. The van der Waals surface area contributed by atoms with Crippen molar-refractivity contribution in [3.05, 3.63) is 0 Å². The van der Waals surface area contributed by atoms with Crippen LogP contribution in [0.3, 0.4) is 0 Å². The van der Waals surface area contributed by atoms with E-state index < -0.39 is 17.5 Å². The number of hydrogen-bond donors (Lipinski definition) is 2. The molecule has 0 saturated heterocycles. The predicted octanol–water partition coefficient (Wildman–Crippen LogP) is 0.298. The maximum Gasteiger partial charge on any atom is 0.309 e. The molecule has 0 rings (SSSR count). The fourth-order valence-electron chi connectivity index (χ4n) is 0.269. The quantitative estimate of drug-likeness (QED) is 0.316. The smallest absolute Gasteiger partial charge is 0.309 e. The van der Waals surface area contributed by atoms with Crippen molar-refractivity contribution in [3.8, 4) is 0 Å². The van der Waals surface area contributed by atoms with Crippen molar-refractivity contribution in [1.82, 2.24) is 0 Å². The Labute approximate surface area is 59.3 Å². The van der Waals surface area contributed by atoms with E-state index in [0.717, 1.165) is 0 Å². The van der Waals surface area contributed by atoms with Gasteiger partial charge in [0.05, 0.1) is 0 Å². The first kappa shape index (κ1) is 9.10. The van der Waals surface area contributed by atoms with Gasteiger partial charge in [-0.15, -0.1) is 0 Å². The Morgan fingerprint density at radius 2 is 2.00 bits per heavy atom. The average Bonchev–Trinajstić information content (AvgIpc) is 1.60. The van der Waals surface area contributed by atoms with Crippen molar-refractivity contribution >= 4 is 11.9 Å². The molecule has 0 unspecified atom stereocenters. The van der Waals surface area contributed by atoms with Crippen LogP contribution in [0.15, 0.2) is 0 Å². The zero-order valence-electron chi connectivity index (χ0n) is 6.26. The van der Waals surface area contributed by atoms with Crippen molar-refractivity contribution in [2.75, 3.05) is 0 Å². The van der Waals surface area contributed by atoms with Gasteiger partial charge in [0.2, 0.25) is 5.90 Å². The van der Waals surface area contributed by atoms with E-state index in [1.165, 1.54) is 20.8 Å². The second kappa shape index (κ2) is 2.79. The van der Waals surface area contributed by atoms with Crippen LogP contribution in [0.1, 0.15) is 20.8 Å². The van der Waals surface area contributed by atoms with Gasteiger partial charge in [-0.05, 0) is 13.8 Å². The summed E-state index contributed by atoms with van der Waals surface area (Å²) < 4.78 is 4.31. The SMILES string of the molecule is CC(=O)OC(=N)C(C)(C)O. The van der Waals surface area contributed by atoms with E-state index in [0.29, 0.717) is 0 Å². The summed E-state index contributed by atoms with van der Waals surface area (Å²) in [4.78, 5) is 10.2. The molecule has 0 aliphatic rings. The lowest BCUT2D eigenvalue weighted by Crippen LogP contribution is -2.33. The highest BCUT2D eigenvalue weighted by Crippen LogP contribution is 2.03. The van der Waals surface area contributed by atoms with Crippen LogP contribution in [0.4, 0.5) is 0 Å². The molecule has 0 aromatic rings. The van der Waals surface area contributed by atoms with Crippen LogP contribution in [0, 0.1) is 5.41 Å². The van der Waals surface area contributed by atoms with E-state index in [2.05, 4.69) is 4.74 Å². The van der Waals surface area contributed by atoms with Gasteiger partial charge in [0.1, 0.15) is 5.60 Å². The summed E-state index contributed by atoms with van der Waals surface area (Å²) in [6.45, 7) is 3.93. The first-order valence-electron chi connectivity index (χ1n) is 2.84. The molecule has 0 aromatic carbocycles. The number of nitrogens with one attached hydrogen (secondary N) is 1. The molecule has 10 heavy (non-hydrogen) atoms. The molecule has 58 valence electrons. The van der Waals surface area contributed by atoms with Gasteiger partial charge in [0.15, 0.2) is 0 Å². The third kappa shape index (κ3) is 3.19. The molecule has 0 spiro atoms. The van der Waals surface area contributed by atoms with E-state index in [9.17, 15) is 4.79 Å². The molecule has 0 bridgehead atoms. The summed E-state index contributed by atoms with van der Waals surface area (Å²) in [7, 11) is 0. The molecule has 0 fully saturated rings. The molecule has 0 atom stereocenters. The maximum absolute atomic E-state index is 10.2. The van der Waals surface area contributed by atoms with Gasteiger partial charge in [-0.1, -0.05) is 0 Å². The molecule has 0 aromatic heterocycles. The summed E-state index contributed by atoms with van der Waals surface area (Å²) in [5.41, 5.74) is -1.37.